The monoisotopic (exact) mass is 344 g/mol. The van der Waals surface area contributed by atoms with Crippen LogP contribution >= 0.6 is 15.9 Å². The maximum absolute atomic E-state index is 6.02. The van der Waals surface area contributed by atoms with Crippen molar-refractivity contribution < 1.29 is 4.74 Å². The van der Waals surface area contributed by atoms with E-state index in [1.807, 2.05) is 36.5 Å². The van der Waals surface area contributed by atoms with Crippen LogP contribution in [0.25, 0.3) is 10.9 Å². The average Bonchev–Trinajstić information content (AvgIpc) is 2.93. The first-order valence-electron chi connectivity index (χ1n) is 6.95. The molecule has 1 heterocycles. The van der Waals surface area contributed by atoms with Crippen molar-refractivity contribution in [3.63, 3.8) is 0 Å². The number of nitrogens with one attached hydrogen (secondary N) is 1. The highest BCUT2D eigenvalue weighted by Crippen LogP contribution is 2.34. The summed E-state index contributed by atoms with van der Waals surface area (Å²) in [4.78, 5) is 3.30. The summed E-state index contributed by atoms with van der Waals surface area (Å²) >= 11 is 3.57. The Morgan fingerprint density at radius 3 is 2.67 bits per heavy atom. The number of aromatic amines is 1. The van der Waals surface area contributed by atoms with Crippen molar-refractivity contribution in [2.45, 2.75) is 13.0 Å². The Morgan fingerprint density at radius 2 is 1.90 bits per heavy atom. The van der Waals surface area contributed by atoms with Crippen molar-refractivity contribution in [3.8, 4) is 5.75 Å². The zero-order valence-corrected chi connectivity index (χ0v) is 13.2. The van der Waals surface area contributed by atoms with Gasteiger partial charge in [0.05, 0.1) is 5.52 Å². The predicted molar refractivity (Wildman–Crippen MR) is 89.5 cm³/mol. The van der Waals surface area contributed by atoms with Crippen molar-refractivity contribution in [1.82, 2.24) is 4.98 Å². The van der Waals surface area contributed by atoms with E-state index >= 15 is 0 Å². The quantitative estimate of drug-likeness (QED) is 0.734. The lowest BCUT2D eigenvalue weighted by atomic mass is 10.1. The molecule has 0 radical (unpaired) electrons. The second-order valence-corrected chi connectivity index (χ2v) is 5.78. The summed E-state index contributed by atoms with van der Waals surface area (Å²) in [6.07, 6.45) is 2.84. The molecular weight excluding hydrogens is 328 g/mol. The lowest BCUT2D eigenvalue weighted by molar-refractivity contribution is 0.310. The van der Waals surface area contributed by atoms with Gasteiger partial charge in [-0.2, -0.15) is 0 Å². The molecular formula is C17H17BrN2O. The molecule has 0 saturated carbocycles. The van der Waals surface area contributed by atoms with E-state index in [2.05, 4.69) is 33.0 Å². The van der Waals surface area contributed by atoms with Gasteiger partial charge in [-0.15, -0.1) is 0 Å². The second-order valence-electron chi connectivity index (χ2n) is 4.92. The Hall–Kier alpha value is -1.78. The smallest absolute Gasteiger partial charge is 0.129 e. The molecule has 3 N–H and O–H groups in total. The Bertz CT molecular complexity index is 737. The van der Waals surface area contributed by atoms with Gasteiger partial charge >= 0.3 is 0 Å². The summed E-state index contributed by atoms with van der Waals surface area (Å²) in [5.74, 6) is 0.891. The van der Waals surface area contributed by atoms with E-state index in [0.29, 0.717) is 13.2 Å². The lowest BCUT2D eigenvalue weighted by Crippen LogP contribution is -2.02. The van der Waals surface area contributed by atoms with Gasteiger partial charge < -0.3 is 15.5 Å². The zero-order chi connectivity index (χ0) is 14.7. The molecule has 0 atom stereocenters. The number of fused-ring (bicyclic) bond motifs is 1. The molecule has 0 spiro atoms. The lowest BCUT2D eigenvalue weighted by Gasteiger charge is -2.10. The van der Waals surface area contributed by atoms with Crippen molar-refractivity contribution in [1.29, 1.82) is 0 Å². The standard InChI is InChI=1S/C17H17BrN2O/c18-14-6-7-15(21-11-12-4-2-1-3-5-12)16-13(8-9-19)10-20-17(14)16/h1-7,10,20H,8-9,11,19H2. The molecule has 0 bridgehead atoms. The van der Waals surface area contributed by atoms with Gasteiger partial charge in [-0.1, -0.05) is 30.3 Å². The molecule has 0 aliphatic carbocycles. The third-order valence-corrected chi connectivity index (χ3v) is 4.14. The molecule has 108 valence electrons. The fourth-order valence-corrected chi connectivity index (χ4v) is 2.90. The SMILES string of the molecule is NCCc1c[nH]c2c(Br)ccc(OCc3ccccc3)c12. The summed E-state index contributed by atoms with van der Waals surface area (Å²) in [6, 6.07) is 14.2. The highest BCUT2D eigenvalue weighted by molar-refractivity contribution is 9.10. The Balaban J connectivity index is 1.94. The molecule has 0 fully saturated rings. The van der Waals surface area contributed by atoms with Gasteiger partial charge in [-0.25, -0.2) is 0 Å². The minimum Gasteiger partial charge on any atom is -0.488 e. The fourth-order valence-electron chi connectivity index (χ4n) is 2.46. The molecule has 3 rings (SSSR count). The number of rotatable bonds is 5. The maximum atomic E-state index is 6.02. The van der Waals surface area contributed by atoms with E-state index in [0.717, 1.165) is 33.1 Å². The van der Waals surface area contributed by atoms with Gasteiger partial charge in [0.1, 0.15) is 12.4 Å². The Morgan fingerprint density at radius 1 is 1.10 bits per heavy atom. The van der Waals surface area contributed by atoms with Crippen molar-refractivity contribution in [2.75, 3.05) is 6.54 Å². The second kappa shape index (κ2) is 6.33. The van der Waals surface area contributed by atoms with E-state index in [1.54, 1.807) is 0 Å². The van der Waals surface area contributed by atoms with Gasteiger partial charge in [-0.05, 0) is 52.2 Å². The molecule has 0 aliphatic rings. The van der Waals surface area contributed by atoms with E-state index in [1.165, 1.54) is 5.56 Å². The molecule has 0 amide bonds. The van der Waals surface area contributed by atoms with Crippen LogP contribution in [0.1, 0.15) is 11.1 Å². The van der Waals surface area contributed by atoms with Crippen LogP contribution in [0, 0.1) is 0 Å². The van der Waals surface area contributed by atoms with E-state index in [9.17, 15) is 0 Å². The van der Waals surface area contributed by atoms with E-state index < -0.39 is 0 Å². The number of hydrogen-bond acceptors (Lipinski definition) is 2. The number of H-pyrrole nitrogens is 1. The zero-order valence-electron chi connectivity index (χ0n) is 11.6. The summed E-state index contributed by atoms with van der Waals surface area (Å²) in [5.41, 5.74) is 9.11. The molecule has 0 unspecified atom stereocenters. The number of hydrogen-bond donors (Lipinski definition) is 2. The van der Waals surface area contributed by atoms with Crippen LogP contribution in [0.2, 0.25) is 0 Å². The van der Waals surface area contributed by atoms with Gasteiger partial charge in [0, 0.05) is 16.1 Å². The van der Waals surface area contributed by atoms with Gasteiger partial charge in [0.15, 0.2) is 0 Å². The van der Waals surface area contributed by atoms with Crippen LogP contribution in [0.15, 0.2) is 53.1 Å². The number of ether oxygens (including phenoxy) is 1. The minimum absolute atomic E-state index is 0.560. The van der Waals surface area contributed by atoms with Crippen molar-refractivity contribution >= 4 is 26.8 Å². The predicted octanol–water partition coefficient (Wildman–Crippen LogP) is 4.01. The minimum atomic E-state index is 0.560. The number of benzene rings is 2. The van der Waals surface area contributed by atoms with Crippen LogP contribution in [-0.2, 0) is 13.0 Å². The van der Waals surface area contributed by atoms with Gasteiger partial charge in [-0.3, -0.25) is 0 Å². The average molecular weight is 345 g/mol. The number of nitrogens with two attached hydrogens (primary N) is 1. The molecule has 21 heavy (non-hydrogen) atoms. The third kappa shape index (κ3) is 2.96. The van der Waals surface area contributed by atoms with Crippen LogP contribution in [-0.4, -0.2) is 11.5 Å². The van der Waals surface area contributed by atoms with Crippen molar-refractivity contribution in [2.24, 2.45) is 5.73 Å². The van der Waals surface area contributed by atoms with Crippen molar-refractivity contribution in [3.05, 3.63) is 64.3 Å². The van der Waals surface area contributed by atoms with E-state index in [-0.39, 0.29) is 0 Å². The fraction of sp³-hybridized carbons (Fsp3) is 0.176. The third-order valence-electron chi connectivity index (χ3n) is 3.48. The molecule has 0 saturated heterocycles. The first-order chi connectivity index (χ1) is 10.3. The van der Waals surface area contributed by atoms with E-state index in [4.69, 9.17) is 10.5 Å². The number of aromatic nitrogens is 1. The van der Waals surface area contributed by atoms with Crippen LogP contribution in [0.3, 0.4) is 0 Å². The summed E-state index contributed by atoms with van der Waals surface area (Å²) in [6.45, 7) is 1.18. The topological polar surface area (TPSA) is 51.0 Å². The molecule has 0 aliphatic heterocycles. The molecule has 3 nitrogen and oxygen atoms in total. The Labute approximate surface area is 132 Å². The van der Waals surface area contributed by atoms with Gasteiger partial charge in [0.25, 0.3) is 0 Å². The summed E-state index contributed by atoms with van der Waals surface area (Å²) in [5, 5.41) is 1.12. The Kier molecular flexibility index (Phi) is 4.27. The van der Waals surface area contributed by atoms with Crippen LogP contribution in [0.4, 0.5) is 0 Å². The van der Waals surface area contributed by atoms with Gasteiger partial charge in [0.2, 0.25) is 0 Å². The maximum Gasteiger partial charge on any atom is 0.129 e. The number of halogens is 1. The largest absolute Gasteiger partial charge is 0.488 e. The molecule has 2 aromatic carbocycles. The highest BCUT2D eigenvalue weighted by Gasteiger charge is 2.12. The highest BCUT2D eigenvalue weighted by atomic mass is 79.9. The van der Waals surface area contributed by atoms with Crippen LogP contribution < -0.4 is 10.5 Å². The summed E-state index contributed by atoms with van der Waals surface area (Å²) < 4.78 is 7.06. The molecule has 3 aromatic rings. The first kappa shape index (κ1) is 14.2. The van der Waals surface area contributed by atoms with Crippen LogP contribution in [0.5, 0.6) is 5.75 Å². The summed E-state index contributed by atoms with van der Waals surface area (Å²) in [7, 11) is 0. The molecule has 1 aromatic heterocycles. The molecule has 4 heteroatoms. The first-order valence-corrected chi connectivity index (χ1v) is 7.74. The normalized spacial score (nSPS) is 11.0.